The highest BCUT2D eigenvalue weighted by molar-refractivity contribution is 7.98. The zero-order valence-electron chi connectivity index (χ0n) is 24.5. The van der Waals surface area contributed by atoms with E-state index in [0.717, 1.165) is 23.0 Å². The number of hydrogen-bond acceptors (Lipinski definition) is 5. The summed E-state index contributed by atoms with van der Waals surface area (Å²) in [5.41, 5.74) is 3.56. The van der Waals surface area contributed by atoms with Crippen LogP contribution in [0.3, 0.4) is 0 Å². The number of ether oxygens (including phenoxy) is 1. The molecule has 224 valence electrons. The molecule has 0 saturated heterocycles. The molecule has 5 atom stereocenters. The lowest BCUT2D eigenvalue weighted by Gasteiger charge is -2.37. The van der Waals surface area contributed by atoms with Gasteiger partial charge in [-0.1, -0.05) is 49.2 Å². The van der Waals surface area contributed by atoms with Crippen molar-refractivity contribution in [2.45, 2.75) is 63.6 Å². The van der Waals surface area contributed by atoms with Crippen LogP contribution in [0, 0.1) is 34.9 Å². The highest BCUT2D eigenvalue weighted by Crippen LogP contribution is 2.67. The van der Waals surface area contributed by atoms with Crippen molar-refractivity contribution >= 4 is 62.9 Å². The van der Waals surface area contributed by atoms with Gasteiger partial charge in [-0.05, 0) is 74.0 Å². The Morgan fingerprint density at radius 2 is 2.09 bits per heavy atom. The molecular weight excluding hydrogens is 606 g/mol. The van der Waals surface area contributed by atoms with Gasteiger partial charge in [0, 0.05) is 40.1 Å². The van der Waals surface area contributed by atoms with E-state index >= 15 is 4.39 Å². The number of hydrogen-bond donors (Lipinski definition) is 1. The molecule has 2 fully saturated rings. The molecule has 0 aliphatic heterocycles. The van der Waals surface area contributed by atoms with Gasteiger partial charge in [0.25, 0.3) is 0 Å². The van der Waals surface area contributed by atoms with Crippen molar-refractivity contribution in [3.05, 3.63) is 57.5 Å². The number of benzene rings is 2. The molecule has 2 aliphatic rings. The molecule has 2 aromatic carbocycles. The van der Waals surface area contributed by atoms with E-state index in [1.165, 1.54) is 18.2 Å². The number of alkyl carbamates (subject to hydrolysis) is 1. The van der Waals surface area contributed by atoms with Crippen LogP contribution in [0.5, 0.6) is 0 Å². The molecule has 6 rings (SSSR count). The second kappa shape index (κ2) is 11.8. The third-order valence-corrected chi connectivity index (χ3v) is 10.6. The third kappa shape index (κ3) is 5.04. The average molecular weight is 640 g/mol. The molecule has 0 spiro atoms. The maximum atomic E-state index is 16.9. The number of carbonyl (C=O) groups excluding carboxylic acids is 1. The van der Waals surface area contributed by atoms with Crippen LogP contribution < -0.4 is 5.32 Å². The minimum absolute atomic E-state index is 0.214. The largest absolute Gasteiger partial charge is 0.450 e. The van der Waals surface area contributed by atoms with E-state index < -0.39 is 11.9 Å². The first kappa shape index (κ1) is 30.1. The molecule has 2 heterocycles. The lowest BCUT2D eigenvalue weighted by Crippen LogP contribution is -2.34. The molecule has 2 aliphatic carbocycles. The van der Waals surface area contributed by atoms with E-state index in [9.17, 15) is 10.1 Å². The molecular formula is C33H33Cl2FN4O2S. The highest BCUT2D eigenvalue weighted by Gasteiger charge is 2.60. The van der Waals surface area contributed by atoms with Crippen molar-refractivity contribution in [1.29, 1.82) is 5.26 Å². The average Bonchev–Trinajstić information content (AvgIpc) is 3.60. The van der Waals surface area contributed by atoms with Crippen molar-refractivity contribution in [1.82, 2.24) is 14.9 Å². The van der Waals surface area contributed by atoms with Gasteiger partial charge in [0.05, 0.1) is 34.3 Å². The van der Waals surface area contributed by atoms with E-state index in [4.69, 9.17) is 32.9 Å². The van der Waals surface area contributed by atoms with Crippen molar-refractivity contribution in [2.75, 3.05) is 12.9 Å². The number of carbonyl (C=O) groups is 1. The summed E-state index contributed by atoms with van der Waals surface area (Å²) in [6, 6.07) is 11.3. The van der Waals surface area contributed by atoms with E-state index in [0.29, 0.717) is 62.9 Å². The van der Waals surface area contributed by atoms with Crippen LogP contribution in [0.4, 0.5) is 9.18 Å². The fourth-order valence-corrected chi connectivity index (χ4v) is 7.91. The maximum Gasteiger partial charge on any atom is 0.407 e. The van der Waals surface area contributed by atoms with Crippen molar-refractivity contribution < 1.29 is 13.9 Å². The van der Waals surface area contributed by atoms with Gasteiger partial charge in [0.1, 0.15) is 10.5 Å². The van der Waals surface area contributed by atoms with E-state index in [-0.39, 0.29) is 29.0 Å². The van der Waals surface area contributed by atoms with Crippen LogP contribution in [0.2, 0.25) is 10.0 Å². The summed E-state index contributed by atoms with van der Waals surface area (Å²) >= 11 is 14.4. The second-order valence-corrected chi connectivity index (χ2v) is 13.2. The monoisotopic (exact) mass is 638 g/mol. The minimum atomic E-state index is -0.485. The SMILES string of the molecule is CCCOC(=O)N[C@H](C)c1cc2c(SC)nc3c(F)c(-c4cccc(Cl)c4Cl)c(CCC#N)cc3c2n1[C@@H]1[C@@H](C)C2C[C@@H]21. The zero-order chi connectivity index (χ0) is 30.6. The maximum absolute atomic E-state index is 16.9. The second-order valence-electron chi connectivity index (χ2n) is 11.6. The third-order valence-electron chi connectivity index (χ3n) is 9.07. The highest BCUT2D eigenvalue weighted by atomic mass is 35.5. The van der Waals surface area contributed by atoms with Gasteiger partial charge in [-0.25, -0.2) is 14.2 Å². The Balaban J connectivity index is 1.64. The molecule has 2 aromatic heterocycles. The molecule has 43 heavy (non-hydrogen) atoms. The standard InChI is InChI=1S/C33H33Cl2FN4O2S/c1-5-12-42-33(41)38-17(3)25-15-23-31(40(25)30-16(2)20-14-21(20)30)22-13-18(8-7-11-37)26(19-9-6-10-24(34)27(19)35)28(36)29(22)39-32(23)43-4/h6,9-10,13,15-17,20-21,30H,5,7-8,12,14H2,1-4H3,(H,38,41)/t16-,17+,20?,21-,30+/m0/s1. The van der Waals surface area contributed by atoms with Crippen molar-refractivity contribution in [3.63, 3.8) is 0 Å². The Morgan fingerprint density at radius 1 is 1.30 bits per heavy atom. The number of aryl methyl sites for hydroxylation is 1. The minimum Gasteiger partial charge on any atom is -0.450 e. The number of nitrogens with zero attached hydrogens (tertiary/aromatic N) is 3. The van der Waals surface area contributed by atoms with Gasteiger partial charge in [-0.3, -0.25) is 0 Å². The molecule has 4 aromatic rings. The van der Waals surface area contributed by atoms with Crippen LogP contribution in [-0.4, -0.2) is 28.5 Å². The number of pyridine rings is 1. The number of nitriles is 1. The van der Waals surface area contributed by atoms with Crippen LogP contribution in [0.1, 0.15) is 63.4 Å². The smallest absolute Gasteiger partial charge is 0.407 e. The zero-order valence-corrected chi connectivity index (χ0v) is 26.8. The van der Waals surface area contributed by atoms with Gasteiger partial charge in [-0.15, -0.1) is 11.8 Å². The number of thioether (sulfide) groups is 1. The molecule has 0 bridgehead atoms. The van der Waals surface area contributed by atoms with Crippen LogP contribution in [-0.2, 0) is 11.2 Å². The van der Waals surface area contributed by atoms with E-state index in [1.807, 2.05) is 26.2 Å². The molecule has 1 N–H and O–H groups in total. The fourth-order valence-electron chi connectivity index (χ4n) is 6.96. The van der Waals surface area contributed by atoms with Gasteiger partial charge in [0.15, 0.2) is 5.82 Å². The predicted molar refractivity (Wildman–Crippen MR) is 171 cm³/mol. The molecule has 1 amide bonds. The first-order chi connectivity index (χ1) is 20.7. The summed E-state index contributed by atoms with van der Waals surface area (Å²) in [7, 11) is 0. The van der Waals surface area contributed by atoms with Crippen LogP contribution >= 0.6 is 35.0 Å². The summed E-state index contributed by atoms with van der Waals surface area (Å²) < 4.78 is 24.6. The van der Waals surface area contributed by atoms with Gasteiger partial charge in [0.2, 0.25) is 0 Å². The molecule has 0 radical (unpaired) electrons. The Hall–Kier alpha value is -2.99. The number of nitrogens with one attached hydrogen (secondary N) is 1. The normalized spacial score (nSPS) is 21.3. The molecule has 6 nitrogen and oxygen atoms in total. The molecule has 2 saturated carbocycles. The number of aromatic nitrogens is 2. The first-order valence-corrected chi connectivity index (χ1v) is 16.7. The number of halogens is 3. The van der Waals surface area contributed by atoms with Crippen LogP contribution in [0.15, 0.2) is 35.4 Å². The summed E-state index contributed by atoms with van der Waals surface area (Å²) in [5, 5.41) is 15.4. The number of amides is 1. The van der Waals surface area contributed by atoms with Crippen LogP contribution in [0.25, 0.3) is 32.9 Å². The van der Waals surface area contributed by atoms with Gasteiger partial charge >= 0.3 is 6.09 Å². The summed E-state index contributed by atoms with van der Waals surface area (Å²) in [4.78, 5) is 17.5. The quantitative estimate of drug-likeness (QED) is 0.185. The number of fused-ring (bicyclic) bond motifs is 4. The Bertz CT molecular complexity index is 1800. The van der Waals surface area contributed by atoms with E-state index in [1.54, 1.807) is 18.2 Å². The lowest BCUT2D eigenvalue weighted by molar-refractivity contribution is 0.141. The van der Waals surface area contributed by atoms with Gasteiger partial charge < -0.3 is 14.6 Å². The fraction of sp³-hybridized carbons (Fsp3) is 0.424. The first-order valence-electron chi connectivity index (χ1n) is 14.7. The topological polar surface area (TPSA) is 79.9 Å². The summed E-state index contributed by atoms with van der Waals surface area (Å²) in [6.07, 6.45) is 3.94. The van der Waals surface area contributed by atoms with E-state index in [2.05, 4.69) is 28.9 Å². The summed E-state index contributed by atoms with van der Waals surface area (Å²) in [5.74, 6) is 1.21. The lowest BCUT2D eigenvalue weighted by atomic mass is 9.80. The van der Waals surface area contributed by atoms with Crippen molar-refractivity contribution in [3.8, 4) is 17.2 Å². The van der Waals surface area contributed by atoms with Gasteiger partial charge in [-0.2, -0.15) is 5.26 Å². The van der Waals surface area contributed by atoms with Crippen molar-refractivity contribution in [2.24, 2.45) is 17.8 Å². The number of rotatable bonds is 9. The Morgan fingerprint density at radius 3 is 2.77 bits per heavy atom. The predicted octanol–water partition coefficient (Wildman–Crippen LogP) is 9.50. The molecule has 10 heteroatoms. The molecule has 1 unspecified atom stereocenters. The summed E-state index contributed by atoms with van der Waals surface area (Å²) in [6.45, 7) is 6.54. The Labute approximate surface area is 264 Å². The Kier molecular flexibility index (Phi) is 8.27.